The first-order valence-corrected chi connectivity index (χ1v) is 9.13. The number of carboxylic acids is 2. The first-order chi connectivity index (χ1) is 13.3. The number of hydrogen-bond donors (Lipinski definition) is 4. The Morgan fingerprint density at radius 2 is 1.86 bits per heavy atom. The zero-order valence-electron chi connectivity index (χ0n) is 15.6. The fourth-order valence-corrected chi connectivity index (χ4v) is 3.46. The molecule has 28 heavy (non-hydrogen) atoms. The van der Waals surface area contributed by atoms with Crippen molar-refractivity contribution >= 4 is 34.4 Å². The Kier molecular flexibility index (Phi) is 5.96. The van der Waals surface area contributed by atoms with Crippen molar-refractivity contribution in [3.8, 4) is 0 Å². The van der Waals surface area contributed by atoms with E-state index in [9.17, 15) is 19.5 Å². The van der Waals surface area contributed by atoms with Gasteiger partial charge in [-0.05, 0) is 19.2 Å². The van der Waals surface area contributed by atoms with Crippen molar-refractivity contribution in [1.82, 2.24) is 14.8 Å². The second-order valence-corrected chi connectivity index (χ2v) is 7.03. The van der Waals surface area contributed by atoms with E-state index in [-0.39, 0.29) is 18.7 Å². The van der Waals surface area contributed by atoms with Gasteiger partial charge in [0, 0.05) is 61.0 Å². The molecule has 4 N–H and O–H groups in total. The number of fused-ring (bicyclic) bond motifs is 1. The second-order valence-electron chi connectivity index (χ2n) is 7.03. The highest BCUT2D eigenvalue weighted by Crippen LogP contribution is 2.31. The van der Waals surface area contributed by atoms with Crippen LogP contribution < -0.4 is 5.32 Å². The van der Waals surface area contributed by atoms with Gasteiger partial charge in [-0.1, -0.05) is 6.07 Å². The quantitative estimate of drug-likeness (QED) is 0.564. The molecule has 1 aliphatic heterocycles. The summed E-state index contributed by atoms with van der Waals surface area (Å²) in [6.45, 7) is 2.99. The summed E-state index contributed by atoms with van der Waals surface area (Å²) in [5.41, 5.74) is 1.94. The van der Waals surface area contributed by atoms with Gasteiger partial charge in [-0.15, -0.1) is 0 Å². The van der Waals surface area contributed by atoms with Crippen LogP contribution in [0.4, 0.5) is 5.69 Å². The molecular formula is C19H24N4O5. The minimum absolute atomic E-state index is 0.103. The van der Waals surface area contributed by atoms with Crippen LogP contribution in [-0.4, -0.2) is 76.1 Å². The number of carbonyl (C=O) groups is 3. The third-order valence-corrected chi connectivity index (χ3v) is 4.99. The van der Waals surface area contributed by atoms with Crippen LogP contribution in [0.3, 0.4) is 0 Å². The van der Waals surface area contributed by atoms with E-state index in [4.69, 9.17) is 5.11 Å². The summed E-state index contributed by atoms with van der Waals surface area (Å²) in [5.74, 6) is -2.30. The lowest BCUT2D eigenvalue weighted by molar-refractivity contribution is -0.144. The lowest BCUT2D eigenvalue weighted by atomic mass is 10.0. The summed E-state index contributed by atoms with van der Waals surface area (Å²) in [5, 5.41) is 21.9. The van der Waals surface area contributed by atoms with Gasteiger partial charge in [0.05, 0.1) is 6.42 Å². The number of aromatic nitrogens is 1. The summed E-state index contributed by atoms with van der Waals surface area (Å²) in [6.07, 6.45) is 1.37. The van der Waals surface area contributed by atoms with E-state index in [0.29, 0.717) is 29.9 Å². The number of rotatable bonds is 7. The fourth-order valence-electron chi connectivity index (χ4n) is 3.46. The Labute approximate surface area is 161 Å². The van der Waals surface area contributed by atoms with E-state index < -0.39 is 18.0 Å². The largest absolute Gasteiger partial charge is 0.481 e. The van der Waals surface area contributed by atoms with Crippen molar-refractivity contribution in [2.75, 3.05) is 38.5 Å². The standard InChI is InChI=1S/C19H24N4O5/c1-22-6-8-23(9-7-22)18(19(27)28)14-11-20-15-10-12(2-3-13(14)15)21-16(24)4-5-17(25)26/h2-3,10-11,18,20H,4-9H2,1H3,(H,21,24)(H,25,26)(H,27,28). The molecule has 2 heterocycles. The molecule has 3 rings (SSSR count). The molecule has 150 valence electrons. The van der Waals surface area contributed by atoms with Gasteiger partial charge >= 0.3 is 11.9 Å². The molecule has 1 fully saturated rings. The number of hydrogen-bond acceptors (Lipinski definition) is 5. The number of carbonyl (C=O) groups excluding carboxylic acids is 1. The lowest BCUT2D eigenvalue weighted by Gasteiger charge is -2.36. The van der Waals surface area contributed by atoms with Gasteiger partial charge in [0.25, 0.3) is 0 Å². The Balaban J connectivity index is 1.80. The minimum Gasteiger partial charge on any atom is -0.481 e. The zero-order chi connectivity index (χ0) is 20.3. The number of aliphatic carboxylic acids is 2. The SMILES string of the molecule is CN1CCN(C(C(=O)O)c2c[nH]c3cc(NC(=O)CCC(=O)O)ccc23)CC1. The Bertz CT molecular complexity index is 886. The van der Waals surface area contributed by atoms with Gasteiger partial charge in [-0.2, -0.15) is 0 Å². The van der Waals surface area contributed by atoms with Crippen molar-refractivity contribution in [2.45, 2.75) is 18.9 Å². The summed E-state index contributed by atoms with van der Waals surface area (Å²) in [4.78, 5) is 41.6. The molecule has 1 aliphatic rings. The molecule has 0 radical (unpaired) electrons. The number of benzene rings is 1. The van der Waals surface area contributed by atoms with Gasteiger partial charge in [0.1, 0.15) is 6.04 Å². The fraction of sp³-hybridized carbons (Fsp3) is 0.421. The van der Waals surface area contributed by atoms with Crippen LogP contribution in [0, 0.1) is 0 Å². The highest BCUT2D eigenvalue weighted by molar-refractivity contribution is 5.96. The van der Waals surface area contributed by atoms with Crippen molar-refractivity contribution in [1.29, 1.82) is 0 Å². The molecule has 1 unspecified atom stereocenters. The van der Waals surface area contributed by atoms with Crippen LogP contribution in [-0.2, 0) is 14.4 Å². The predicted octanol–water partition coefficient (Wildman–Crippen LogP) is 1.34. The molecule has 1 atom stereocenters. The molecule has 9 heteroatoms. The molecule has 0 aliphatic carbocycles. The maximum absolute atomic E-state index is 12.0. The average Bonchev–Trinajstić information content (AvgIpc) is 3.04. The van der Waals surface area contributed by atoms with Crippen molar-refractivity contribution in [3.05, 3.63) is 30.0 Å². The first kappa shape index (κ1) is 19.8. The van der Waals surface area contributed by atoms with Crippen LogP contribution >= 0.6 is 0 Å². The Morgan fingerprint density at radius 3 is 2.50 bits per heavy atom. The highest BCUT2D eigenvalue weighted by Gasteiger charge is 2.31. The Morgan fingerprint density at radius 1 is 1.14 bits per heavy atom. The van der Waals surface area contributed by atoms with Gasteiger partial charge in [-0.25, -0.2) is 0 Å². The zero-order valence-corrected chi connectivity index (χ0v) is 15.6. The summed E-state index contributed by atoms with van der Waals surface area (Å²) >= 11 is 0. The number of amides is 1. The van der Waals surface area contributed by atoms with Gasteiger partial charge in [-0.3, -0.25) is 19.3 Å². The molecule has 1 saturated heterocycles. The number of H-pyrrole nitrogens is 1. The van der Waals surface area contributed by atoms with Crippen LogP contribution in [0.1, 0.15) is 24.4 Å². The molecule has 1 amide bonds. The number of carboxylic acid groups (broad SMARTS) is 2. The molecule has 0 spiro atoms. The van der Waals surface area contributed by atoms with E-state index >= 15 is 0 Å². The molecule has 0 saturated carbocycles. The number of nitrogens with one attached hydrogen (secondary N) is 2. The van der Waals surface area contributed by atoms with Gasteiger partial charge < -0.3 is 25.4 Å². The third-order valence-electron chi connectivity index (χ3n) is 4.99. The number of likely N-dealkylation sites (N-methyl/N-ethyl adjacent to an activating group) is 1. The molecule has 2 aromatic rings. The predicted molar refractivity (Wildman–Crippen MR) is 103 cm³/mol. The highest BCUT2D eigenvalue weighted by atomic mass is 16.4. The maximum atomic E-state index is 12.0. The van der Waals surface area contributed by atoms with Crippen LogP contribution in [0.5, 0.6) is 0 Å². The van der Waals surface area contributed by atoms with Crippen molar-refractivity contribution in [3.63, 3.8) is 0 Å². The summed E-state index contributed by atoms with van der Waals surface area (Å²) in [7, 11) is 2.02. The van der Waals surface area contributed by atoms with Crippen LogP contribution in [0.25, 0.3) is 10.9 Å². The van der Waals surface area contributed by atoms with E-state index in [1.165, 1.54) is 0 Å². The summed E-state index contributed by atoms with van der Waals surface area (Å²) < 4.78 is 0. The monoisotopic (exact) mass is 388 g/mol. The van der Waals surface area contributed by atoms with E-state index in [1.54, 1.807) is 24.4 Å². The molecule has 0 bridgehead atoms. The number of anilines is 1. The Hall–Kier alpha value is -2.91. The number of piperazine rings is 1. The summed E-state index contributed by atoms with van der Waals surface area (Å²) in [6, 6.07) is 4.46. The molecule has 9 nitrogen and oxygen atoms in total. The maximum Gasteiger partial charge on any atom is 0.325 e. The van der Waals surface area contributed by atoms with Gasteiger partial charge in [0.15, 0.2) is 0 Å². The van der Waals surface area contributed by atoms with Crippen LogP contribution in [0.2, 0.25) is 0 Å². The number of aromatic amines is 1. The normalized spacial score (nSPS) is 16.8. The number of nitrogens with zero attached hydrogens (tertiary/aromatic N) is 2. The molecule has 1 aromatic carbocycles. The topological polar surface area (TPSA) is 126 Å². The average molecular weight is 388 g/mol. The van der Waals surface area contributed by atoms with E-state index in [2.05, 4.69) is 15.2 Å². The van der Waals surface area contributed by atoms with Crippen molar-refractivity contribution < 1.29 is 24.6 Å². The van der Waals surface area contributed by atoms with Gasteiger partial charge in [0.2, 0.25) is 5.91 Å². The second kappa shape index (κ2) is 8.41. The molecular weight excluding hydrogens is 364 g/mol. The molecule has 1 aromatic heterocycles. The van der Waals surface area contributed by atoms with Crippen molar-refractivity contribution in [2.24, 2.45) is 0 Å². The smallest absolute Gasteiger partial charge is 0.325 e. The lowest BCUT2D eigenvalue weighted by Crippen LogP contribution is -2.47. The minimum atomic E-state index is -1.02. The third kappa shape index (κ3) is 4.49. The first-order valence-electron chi connectivity index (χ1n) is 9.13. The van der Waals surface area contributed by atoms with E-state index in [0.717, 1.165) is 18.5 Å². The van der Waals surface area contributed by atoms with E-state index in [1.807, 2.05) is 11.9 Å². The van der Waals surface area contributed by atoms with Crippen LogP contribution in [0.15, 0.2) is 24.4 Å².